The molecule has 0 fully saturated rings. The van der Waals surface area contributed by atoms with Crippen molar-refractivity contribution >= 4 is 11.6 Å². The summed E-state index contributed by atoms with van der Waals surface area (Å²) in [6.45, 7) is 2.79. The number of hydrogen-bond acceptors (Lipinski definition) is 4. The van der Waals surface area contributed by atoms with E-state index in [1.54, 1.807) is 12.1 Å². The highest BCUT2D eigenvalue weighted by atomic mass is 16.3. The summed E-state index contributed by atoms with van der Waals surface area (Å²) in [5.41, 5.74) is 7.39. The highest BCUT2D eigenvalue weighted by molar-refractivity contribution is 5.92. The van der Waals surface area contributed by atoms with Crippen LogP contribution in [-0.2, 0) is 0 Å². The second-order valence-corrected chi connectivity index (χ2v) is 4.62. The first-order valence-corrected chi connectivity index (χ1v) is 6.80. The van der Waals surface area contributed by atoms with Crippen LogP contribution in [0.2, 0.25) is 0 Å². The van der Waals surface area contributed by atoms with Crippen LogP contribution in [0.4, 0.5) is 5.69 Å². The summed E-state index contributed by atoms with van der Waals surface area (Å²) in [6.07, 6.45) is 4.59. The molecule has 1 heterocycles. The van der Waals surface area contributed by atoms with Gasteiger partial charge in [-0.15, -0.1) is 0 Å². The van der Waals surface area contributed by atoms with E-state index in [2.05, 4.69) is 17.2 Å². The zero-order chi connectivity index (χ0) is 14.4. The molecular weight excluding hydrogens is 254 g/mol. The SMILES string of the molecule is CCCCCNC(=O)c1coc(-c2ccc(N)cc2)n1. The van der Waals surface area contributed by atoms with Gasteiger partial charge >= 0.3 is 0 Å². The van der Waals surface area contributed by atoms with Gasteiger partial charge in [-0.1, -0.05) is 19.8 Å². The maximum absolute atomic E-state index is 11.9. The number of hydrogen-bond donors (Lipinski definition) is 2. The number of unbranched alkanes of at least 4 members (excludes halogenated alkanes) is 2. The van der Waals surface area contributed by atoms with E-state index >= 15 is 0 Å². The Morgan fingerprint density at radius 1 is 1.30 bits per heavy atom. The minimum Gasteiger partial charge on any atom is -0.444 e. The number of aromatic nitrogens is 1. The van der Waals surface area contributed by atoms with Crippen LogP contribution >= 0.6 is 0 Å². The molecule has 0 saturated carbocycles. The first-order valence-electron chi connectivity index (χ1n) is 6.80. The number of nitrogen functional groups attached to an aromatic ring is 1. The van der Waals surface area contributed by atoms with Gasteiger partial charge in [0.1, 0.15) is 6.26 Å². The van der Waals surface area contributed by atoms with Gasteiger partial charge in [-0.25, -0.2) is 4.98 Å². The second-order valence-electron chi connectivity index (χ2n) is 4.62. The number of nitrogens with one attached hydrogen (secondary N) is 1. The highest BCUT2D eigenvalue weighted by Gasteiger charge is 2.12. The molecule has 0 radical (unpaired) electrons. The van der Waals surface area contributed by atoms with Crippen LogP contribution in [0.25, 0.3) is 11.5 Å². The Balaban J connectivity index is 1.98. The van der Waals surface area contributed by atoms with Crippen molar-refractivity contribution < 1.29 is 9.21 Å². The number of carbonyl (C=O) groups is 1. The van der Waals surface area contributed by atoms with Crippen molar-refractivity contribution in [3.63, 3.8) is 0 Å². The third kappa shape index (κ3) is 3.60. The van der Waals surface area contributed by atoms with Crippen molar-refractivity contribution in [1.29, 1.82) is 0 Å². The minimum absolute atomic E-state index is 0.202. The third-order valence-corrected chi connectivity index (χ3v) is 2.96. The number of oxazole rings is 1. The maximum atomic E-state index is 11.9. The largest absolute Gasteiger partial charge is 0.444 e. The lowest BCUT2D eigenvalue weighted by molar-refractivity contribution is 0.0948. The molecule has 106 valence electrons. The first kappa shape index (κ1) is 14.1. The van der Waals surface area contributed by atoms with E-state index in [4.69, 9.17) is 10.2 Å². The average Bonchev–Trinajstić information content (AvgIpc) is 2.94. The van der Waals surface area contributed by atoms with Crippen molar-refractivity contribution in [3.05, 3.63) is 36.2 Å². The Morgan fingerprint density at radius 3 is 2.75 bits per heavy atom. The van der Waals surface area contributed by atoms with Crippen molar-refractivity contribution in [2.45, 2.75) is 26.2 Å². The van der Waals surface area contributed by atoms with E-state index < -0.39 is 0 Å². The van der Waals surface area contributed by atoms with E-state index in [0.717, 1.165) is 24.8 Å². The summed E-state index contributed by atoms with van der Waals surface area (Å²) in [5.74, 6) is 0.218. The predicted octanol–water partition coefficient (Wildman–Crippen LogP) is 2.84. The van der Waals surface area contributed by atoms with Gasteiger partial charge in [-0.05, 0) is 30.7 Å². The van der Waals surface area contributed by atoms with Crippen LogP contribution in [0, 0.1) is 0 Å². The summed E-state index contributed by atoms with van der Waals surface area (Å²) in [5, 5.41) is 2.83. The molecule has 1 amide bonds. The van der Waals surface area contributed by atoms with Crippen LogP contribution in [0.15, 0.2) is 34.9 Å². The number of nitrogens with zero attached hydrogens (tertiary/aromatic N) is 1. The van der Waals surface area contributed by atoms with Crippen LogP contribution in [0.5, 0.6) is 0 Å². The molecule has 2 rings (SSSR count). The Kier molecular flexibility index (Phi) is 4.76. The Morgan fingerprint density at radius 2 is 2.05 bits per heavy atom. The number of carbonyl (C=O) groups excluding carboxylic acids is 1. The number of nitrogens with two attached hydrogens (primary N) is 1. The predicted molar refractivity (Wildman–Crippen MR) is 78.2 cm³/mol. The lowest BCUT2D eigenvalue weighted by Crippen LogP contribution is -2.24. The van der Waals surface area contributed by atoms with E-state index in [9.17, 15) is 4.79 Å². The number of benzene rings is 1. The van der Waals surface area contributed by atoms with E-state index in [1.165, 1.54) is 6.26 Å². The lowest BCUT2D eigenvalue weighted by atomic mass is 10.2. The van der Waals surface area contributed by atoms with E-state index in [0.29, 0.717) is 23.8 Å². The van der Waals surface area contributed by atoms with Crippen LogP contribution in [-0.4, -0.2) is 17.4 Å². The molecule has 5 heteroatoms. The molecule has 0 saturated heterocycles. The zero-order valence-electron chi connectivity index (χ0n) is 11.6. The van der Waals surface area contributed by atoms with Crippen LogP contribution in [0.3, 0.4) is 0 Å². The Labute approximate surface area is 118 Å². The van der Waals surface area contributed by atoms with E-state index in [1.807, 2.05) is 12.1 Å². The summed E-state index contributed by atoms with van der Waals surface area (Å²) in [7, 11) is 0. The molecule has 5 nitrogen and oxygen atoms in total. The first-order chi connectivity index (χ1) is 9.70. The van der Waals surface area contributed by atoms with Gasteiger partial charge in [0.05, 0.1) is 0 Å². The van der Waals surface area contributed by atoms with Crippen molar-refractivity contribution in [2.24, 2.45) is 0 Å². The molecule has 0 aliphatic rings. The molecule has 0 aliphatic heterocycles. The minimum atomic E-state index is -0.202. The fourth-order valence-corrected chi connectivity index (χ4v) is 1.80. The van der Waals surface area contributed by atoms with Gasteiger partial charge < -0.3 is 15.5 Å². The number of anilines is 1. The van der Waals surface area contributed by atoms with Crippen molar-refractivity contribution in [3.8, 4) is 11.5 Å². The summed E-state index contributed by atoms with van der Waals surface area (Å²) < 4.78 is 5.33. The Hall–Kier alpha value is -2.30. The summed E-state index contributed by atoms with van der Waals surface area (Å²) >= 11 is 0. The fourth-order valence-electron chi connectivity index (χ4n) is 1.80. The van der Waals surface area contributed by atoms with Gasteiger partial charge in [0.25, 0.3) is 5.91 Å². The van der Waals surface area contributed by atoms with Crippen LogP contribution in [0.1, 0.15) is 36.7 Å². The normalized spacial score (nSPS) is 10.4. The topological polar surface area (TPSA) is 81.2 Å². The molecule has 1 aromatic heterocycles. The molecule has 1 aromatic carbocycles. The average molecular weight is 273 g/mol. The summed E-state index contributed by atoms with van der Waals surface area (Å²) in [4.78, 5) is 16.0. The molecule has 0 unspecified atom stereocenters. The monoisotopic (exact) mass is 273 g/mol. The highest BCUT2D eigenvalue weighted by Crippen LogP contribution is 2.19. The number of amides is 1. The summed E-state index contributed by atoms with van der Waals surface area (Å²) in [6, 6.07) is 7.16. The quantitative estimate of drug-likeness (QED) is 0.626. The molecule has 2 aromatic rings. The molecule has 0 atom stereocenters. The van der Waals surface area contributed by atoms with Crippen LogP contribution < -0.4 is 11.1 Å². The Bertz CT molecular complexity index is 561. The molecular formula is C15H19N3O2. The smallest absolute Gasteiger partial charge is 0.273 e. The second kappa shape index (κ2) is 6.75. The van der Waals surface area contributed by atoms with Gasteiger partial charge in [0.2, 0.25) is 5.89 Å². The molecule has 20 heavy (non-hydrogen) atoms. The molecule has 0 aliphatic carbocycles. The zero-order valence-corrected chi connectivity index (χ0v) is 11.6. The van der Waals surface area contributed by atoms with Crippen molar-refractivity contribution in [1.82, 2.24) is 10.3 Å². The molecule has 0 spiro atoms. The molecule has 0 bridgehead atoms. The maximum Gasteiger partial charge on any atom is 0.273 e. The van der Waals surface area contributed by atoms with Crippen molar-refractivity contribution in [2.75, 3.05) is 12.3 Å². The standard InChI is InChI=1S/C15H19N3O2/c1-2-3-4-9-17-14(19)13-10-20-15(18-13)11-5-7-12(16)8-6-11/h5-8,10H,2-4,9,16H2,1H3,(H,17,19). The van der Waals surface area contributed by atoms with E-state index in [-0.39, 0.29) is 5.91 Å². The fraction of sp³-hybridized carbons (Fsp3) is 0.333. The third-order valence-electron chi connectivity index (χ3n) is 2.96. The van der Waals surface area contributed by atoms with Gasteiger partial charge in [-0.2, -0.15) is 0 Å². The lowest BCUT2D eigenvalue weighted by Gasteiger charge is -2.01. The van der Waals surface area contributed by atoms with Gasteiger partial charge in [-0.3, -0.25) is 4.79 Å². The van der Waals surface area contributed by atoms with Gasteiger partial charge in [0, 0.05) is 17.8 Å². The van der Waals surface area contributed by atoms with Gasteiger partial charge in [0.15, 0.2) is 5.69 Å². The number of rotatable bonds is 6. The molecule has 3 N–H and O–H groups in total.